The van der Waals surface area contributed by atoms with E-state index >= 15 is 0 Å². The van der Waals surface area contributed by atoms with Crippen LogP contribution in [0.4, 0.5) is 5.69 Å². The molecule has 126 valence electrons. The van der Waals surface area contributed by atoms with E-state index in [2.05, 4.69) is 4.90 Å². The third-order valence-corrected chi connectivity index (χ3v) is 4.14. The van der Waals surface area contributed by atoms with E-state index in [1.807, 2.05) is 11.5 Å². The first-order valence-corrected chi connectivity index (χ1v) is 7.74. The number of hydrazine groups is 1. The summed E-state index contributed by atoms with van der Waals surface area (Å²) in [5.74, 6) is 3.63. The number of piperidine rings is 1. The molecule has 0 bridgehead atoms. The molecule has 1 heterocycles. The monoisotopic (exact) mass is 360 g/mol. The van der Waals surface area contributed by atoms with E-state index in [1.165, 1.54) is 0 Å². The molecule has 1 aromatic rings. The van der Waals surface area contributed by atoms with Gasteiger partial charge in [-0.15, -0.1) is 0 Å². The standard InChI is InChI=1S/C14H18Cl2N4O3/c15-8-1-2-10(16)11(7-8)20-5-3-9(4-6-20)23-13(17)12(19-18)14(21)22/h1-2,7,9,19H,3-6,17-18H2,(H,21,22)/b13-12+. The highest BCUT2D eigenvalue weighted by Crippen LogP contribution is 2.31. The molecule has 0 atom stereocenters. The van der Waals surface area contributed by atoms with Gasteiger partial charge < -0.3 is 25.9 Å². The van der Waals surface area contributed by atoms with Gasteiger partial charge >= 0.3 is 5.97 Å². The number of aliphatic carboxylic acids is 1. The molecule has 1 aliphatic heterocycles. The Kier molecular flexibility index (Phi) is 5.81. The fourth-order valence-corrected chi connectivity index (χ4v) is 2.82. The van der Waals surface area contributed by atoms with Crippen molar-refractivity contribution >= 4 is 34.9 Å². The summed E-state index contributed by atoms with van der Waals surface area (Å²) >= 11 is 12.2. The predicted molar refractivity (Wildman–Crippen MR) is 89.0 cm³/mol. The summed E-state index contributed by atoms with van der Waals surface area (Å²) in [4.78, 5) is 13.0. The number of benzene rings is 1. The number of carboxylic acids is 1. The number of carboxylic acid groups (broad SMARTS) is 1. The lowest BCUT2D eigenvalue weighted by Crippen LogP contribution is -2.39. The van der Waals surface area contributed by atoms with Crippen molar-refractivity contribution in [3.63, 3.8) is 0 Å². The summed E-state index contributed by atoms with van der Waals surface area (Å²) in [5, 5.41) is 10.2. The van der Waals surface area contributed by atoms with Gasteiger partial charge in [0, 0.05) is 31.0 Å². The lowest BCUT2D eigenvalue weighted by atomic mass is 10.1. The second kappa shape index (κ2) is 7.63. The molecule has 23 heavy (non-hydrogen) atoms. The van der Waals surface area contributed by atoms with Crippen LogP contribution in [0.2, 0.25) is 10.0 Å². The van der Waals surface area contributed by atoms with Crippen LogP contribution >= 0.6 is 23.2 Å². The van der Waals surface area contributed by atoms with Crippen molar-refractivity contribution in [2.24, 2.45) is 11.6 Å². The first-order chi connectivity index (χ1) is 10.9. The number of anilines is 1. The quantitative estimate of drug-likeness (QED) is 0.273. The van der Waals surface area contributed by atoms with E-state index in [0.717, 1.165) is 5.69 Å². The van der Waals surface area contributed by atoms with Crippen LogP contribution in [-0.2, 0) is 9.53 Å². The Morgan fingerprint density at radius 2 is 2.00 bits per heavy atom. The van der Waals surface area contributed by atoms with Gasteiger partial charge in [-0.1, -0.05) is 23.2 Å². The molecule has 7 nitrogen and oxygen atoms in total. The zero-order valence-electron chi connectivity index (χ0n) is 12.3. The van der Waals surface area contributed by atoms with Crippen molar-refractivity contribution < 1.29 is 14.6 Å². The Balaban J connectivity index is 1.99. The van der Waals surface area contributed by atoms with E-state index < -0.39 is 5.97 Å². The van der Waals surface area contributed by atoms with Crippen LogP contribution in [0.15, 0.2) is 29.8 Å². The molecule has 1 aliphatic rings. The van der Waals surface area contributed by atoms with Crippen LogP contribution in [-0.4, -0.2) is 30.3 Å². The second-order valence-electron chi connectivity index (χ2n) is 5.09. The molecule has 0 radical (unpaired) electrons. The average Bonchev–Trinajstić information content (AvgIpc) is 2.51. The van der Waals surface area contributed by atoms with Crippen molar-refractivity contribution in [1.29, 1.82) is 0 Å². The zero-order chi connectivity index (χ0) is 17.0. The van der Waals surface area contributed by atoms with E-state index in [4.69, 9.17) is 44.6 Å². The Morgan fingerprint density at radius 1 is 1.35 bits per heavy atom. The van der Waals surface area contributed by atoms with Crippen molar-refractivity contribution in [2.45, 2.75) is 18.9 Å². The molecule has 0 unspecified atom stereocenters. The number of halogens is 2. The Labute approximate surface area is 143 Å². The van der Waals surface area contributed by atoms with E-state index in [-0.39, 0.29) is 17.7 Å². The van der Waals surface area contributed by atoms with E-state index in [9.17, 15) is 4.79 Å². The Hall–Kier alpha value is -1.83. The van der Waals surface area contributed by atoms with Gasteiger partial charge in [-0.2, -0.15) is 0 Å². The maximum atomic E-state index is 10.9. The Morgan fingerprint density at radius 3 is 2.57 bits per heavy atom. The van der Waals surface area contributed by atoms with Crippen molar-refractivity contribution in [2.75, 3.05) is 18.0 Å². The number of hydrogen-bond acceptors (Lipinski definition) is 6. The highest BCUT2D eigenvalue weighted by Gasteiger charge is 2.24. The predicted octanol–water partition coefficient (Wildman–Crippen LogP) is 1.65. The van der Waals surface area contributed by atoms with Crippen LogP contribution in [0, 0.1) is 0 Å². The lowest BCUT2D eigenvalue weighted by molar-refractivity contribution is -0.133. The van der Waals surface area contributed by atoms with Gasteiger partial charge in [0.15, 0.2) is 5.70 Å². The molecule has 6 N–H and O–H groups in total. The summed E-state index contributed by atoms with van der Waals surface area (Å²) in [6.45, 7) is 1.38. The van der Waals surface area contributed by atoms with Gasteiger partial charge in [0.2, 0.25) is 5.88 Å². The zero-order valence-corrected chi connectivity index (χ0v) is 13.8. The highest BCUT2D eigenvalue weighted by molar-refractivity contribution is 6.35. The van der Waals surface area contributed by atoms with Gasteiger partial charge in [0.05, 0.1) is 10.7 Å². The highest BCUT2D eigenvalue weighted by atomic mass is 35.5. The lowest BCUT2D eigenvalue weighted by Gasteiger charge is -2.34. The molecule has 1 aromatic carbocycles. The number of hydrogen-bond donors (Lipinski definition) is 4. The van der Waals surface area contributed by atoms with Gasteiger partial charge in [-0.3, -0.25) is 5.84 Å². The van der Waals surface area contributed by atoms with Crippen molar-refractivity contribution in [3.05, 3.63) is 39.8 Å². The van der Waals surface area contributed by atoms with Gasteiger partial charge in [-0.25, -0.2) is 4.79 Å². The van der Waals surface area contributed by atoms with Crippen LogP contribution in [0.3, 0.4) is 0 Å². The maximum Gasteiger partial charge on any atom is 0.358 e. The van der Waals surface area contributed by atoms with Gasteiger partial charge in [-0.05, 0) is 18.2 Å². The van der Waals surface area contributed by atoms with Crippen molar-refractivity contribution in [1.82, 2.24) is 5.43 Å². The molecular formula is C14H18Cl2N4O3. The maximum absolute atomic E-state index is 10.9. The largest absolute Gasteiger partial charge is 0.476 e. The summed E-state index contributed by atoms with van der Waals surface area (Å²) in [5.41, 5.74) is 8.17. The van der Waals surface area contributed by atoms with E-state index in [0.29, 0.717) is 36.0 Å². The van der Waals surface area contributed by atoms with Gasteiger partial charge in [0.1, 0.15) is 6.10 Å². The number of nitrogens with one attached hydrogen (secondary N) is 1. The summed E-state index contributed by atoms with van der Waals surface area (Å²) in [6, 6.07) is 5.32. The van der Waals surface area contributed by atoms with Crippen LogP contribution in [0.5, 0.6) is 0 Å². The molecule has 0 amide bonds. The van der Waals surface area contributed by atoms with Gasteiger partial charge in [0.25, 0.3) is 0 Å². The molecule has 1 saturated heterocycles. The first kappa shape index (κ1) is 17.5. The third kappa shape index (κ3) is 4.34. The van der Waals surface area contributed by atoms with Crippen LogP contribution in [0.1, 0.15) is 12.8 Å². The number of rotatable bonds is 5. The number of nitrogens with two attached hydrogens (primary N) is 2. The molecule has 1 fully saturated rings. The molecule has 0 saturated carbocycles. The minimum absolute atomic E-state index is 0.188. The topological polar surface area (TPSA) is 114 Å². The minimum Gasteiger partial charge on any atom is -0.476 e. The number of carbonyl (C=O) groups is 1. The Bertz CT molecular complexity index is 616. The normalized spacial score (nSPS) is 16.7. The molecule has 9 heteroatoms. The van der Waals surface area contributed by atoms with Crippen LogP contribution < -0.4 is 21.9 Å². The molecular weight excluding hydrogens is 343 g/mol. The SMILES string of the molecule is NN/C(C(=O)O)=C(\N)OC1CCN(c2cc(Cl)ccc2Cl)CC1. The summed E-state index contributed by atoms with van der Waals surface area (Å²) < 4.78 is 5.49. The average molecular weight is 361 g/mol. The molecule has 0 aliphatic carbocycles. The van der Waals surface area contributed by atoms with E-state index in [1.54, 1.807) is 12.1 Å². The molecule has 0 spiro atoms. The van der Waals surface area contributed by atoms with Crippen molar-refractivity contribution in [3.8, 4) is 0 Å². The molecule has 2 rings (SSSR count). The second-order valence-corrected chi connectivity index (χ2v) is 5.93. The number of ether oxygens (including phenoxy) is 1. The van der Waals surface area contributed by atoms with Crippen LogP contribution in [0.25, 0.3) is 0 Å². The fraction of sp³-hybridized carbons (Fsp3) is 0.357. The minimum atomic E-state index is -1.27. The summed E-state index contributed by atoms with van der Waals surface area (Å²) in [6.07, 6.45) is 1.15. The fourth-order valence-electron chi connectivity index (χ4n) is 2.42. The summed E-state index contributed by atoms with van der Waals surface area (Å²) in [7, 11) is 0. The number of nitrogens with zero attached hydrogens (tertiary/aromatic N) is 1. The first-order valence-electron chi connectivity index (χ1n) is 6.98. The molecule has 0 aromatic heterocycles. The smallest absolute Gasteiger partial charge is 0.358 e. The third-order valence-electron chi connectivity index (χ3n) is 3.59.